The van der Waals surface area contributed by atoms with Crippen molar-refractivity contribution in [3.05, 3.63) is 0 Å². The lowest BCUT2D eigenvalue weighted by Crippen LogP contribution is -2.40. The topological polar surface area (TPSA) is 66.6 Å². The molecule has 0 aromatic heterocycles. The zero-order valence-electron chi connectivity index (χ0n) is 10.5. The minimum atomic E-state index is -0.0467. The fraction of sp³-hybridized carbons (Fsp3) is 0.818. The molecule has 0 saturated carbocycles. The van der Waals surface area contributed by atoms with Crippen LogP contribution in [0.2, 0.25) is 0 Å². The number of carbonyl (C=O) groups excluding carboxylic acids is 2. The molecule has 2 N–H and O–H groups in total. The summed E-state index contributed by atoms with van der Waals surface area (Å²) in [7, 11) is 3.38. The minimum Gasteiger partial charge on any atom is -0.347 e. The predicted octanol–water partition coefficient (Wildman–Crippen LogP) is 0.0521. The summed E-state index contributed by atoms with van der Waals surface area (Å²) in [6, 6.07) is 0. The molecule has 0 aliphatic rings. The molecule has 2 amide bonds. The van der Waals surface area contributed by atoms with Gasteiger partial charge in [0.15, 0.2) is 0 Å². The van der Waals surface area contributed by atoms with Crippen molar-refractivity contribution in [2.75, 3.05) is 33.7 Å². The minimum absolute atomic E-state index is 0.0162. The van der Waals surface area contributed by atoms with Crippen molar-refractivity contribution in [2.45, 2.75) is 26.2 Å². The summed E-state index contributed by atoms with van der Waals surface area (Å²) in [4.78, 5) is 26.4. The molecule has 0 aromatic rings. The van der Waals surface area contributed by atoms with E-state index in [1.54, 1.807) is 19.0 Å². The predicted molar refractivity (Wildman–Crippen MR) is 63.9 cm³/mol. The molecule has 0 aromatic carbocycles. The Kier molecular flexibility index (Phi) is 7.54. The van der Waals surface area contributed by atoms with Crippen molar-refractivity contribution in [1.29, 1.82) is 0 Å². The van der Waals surface area contributed by atoms with Crippen LogP contribution in [0, 0.1) is 0 Å². The molecule has 0 spiro atoms. The van der Waals surface area contributed by atoms with Gasteiger partial charge in [-0.3, -0.25) is 9.59 Å². The highest BCUT2D eigenvalue weighted by Crippen LogP contribution is 2.00. The van der Waals surface area contributed by atoms with E-state index in [2.05, 4.69) is 0 Å². The molecule has 0 aliphatic heterocycles. The van der Waals surface area contributed by atoms with E-state index in [4.69, 9.17) is 5.73 Å². The lowest BCUT2D eigenvalue weighted by Gasteiger charge is -2.23. The molecule has 0 heterocycles. The van der Waals surface area contributed by atoms with Crippen LogP contribution in [0.25, 0.3) is 0 Å². The SMILES string of the molecule is CCCN(CC(=O)N(C)C)C(=O)CCCN. The van der Waals surface area contributed by atoms with Gasteiger partial charge in [0.2, 0.25) is 11.8 Å². The summed E-state index contributed by atoms with van der Waals surface area (Å²) < 4.78 is 0. The Bertz CT molecular complexity index is 229. The second-order valence-corrected chi connectivity index (χ2v) is 4.00. The maximum Gasteiger partial charge on any atom is 0.241 e. The number of likely N-dealkylation sites (N-methyl/N-ethyl adjacent to an activating group) is 1. The van der Waals surface area contributed by atoms with Crippen LogP contribution in [0.4, 0.5) is 0 Å². The zero-order valence-corrected chi connectivity index (χ0v) is 10.5. The maximum atomic E-state index is 11.7. The van der Waals surface area contributed by atoms with Gasteiger partial charge in [-0.2, -0.15) is 0 Å². The number of carbonyl (C=O) groups is 2. The molecule has 0 radical (unpaired) electrons. The van der Waals surface area contributed by atoms with E-state index >= 15 is 0 Å². The number of nitrogens with zero attached hydrogens (tertiary/aromatic N) is 2. The normalized spacial score (nSPS) is 10.0. The third kappa shape index (κ3) is 5.70. The first-order valence-electron chi connectivity index (χ1n) is 5.70. The third-order valence-electron chi connectivity index (χ3n) is 2.27. The fourth-order valence-electron chi connectivity index (χ4n) is 1.28. The van der Waals surface area contributed by atoms with Crippen molar-refractivity contribution in [3.63, 3.8) is 0 Å². The largest absolute Gasteiger partial charge is 0.347 e. The van der Waals surface area contributed by atoms with Gasteiger partial charge in [-0.25, -0.2) is 0 Å². The van der Waals surface area contributed by atoms with Gasteiger partial charge in [-0.15, -0.1) is 0 Å². The summed E-state index contributed by atoms with van der Waals surface area (Å²) in [6.07, 6.45) is 1.96. The van der Waals surface area contributed by atoms with Crippen molar-refractivity contribution >= 4 is 11.8 Å². The van der Waals surface area contributed by atoms with Gasteiger partial charge >= 0.3 is 0 Å². The van der Waals surface area contributed by atoms with E-state index in [1.807, 2.05) is 6.92 Å². The van der Waals surface area contributed by atoms with Crippen molar-refractivity contribution in [1.82, 2.24) is 9.80 Å². The van der Waals surface area contributed by atoms with E-state index in [9.17, 15) is 9.59 Å². The van der Waals surface area contributed by atoms with Crippen LogP contribution in [0.1, 0.15) is 26.2 Å². The molecule has 0 fully saturated rings. The Hall–Kier alpha value is -1.10. The fourth-order valence-corrected chi connectivity index (χ4v) is 1.28. The zero-order chi connectivity index (χ0) is 12.6. The van der Waals surface area contributed by atoms with Crippen molar-refractivity contribution < 1.29 is 9.59 Å². The molecule has 5 nitrogen and oxygen atoms in total. The average Bonchev–Trinajstić information content (AvgIpc) is 2.24. The smallest absolute Gasteiger partial charge is 0.241 e. The molecule has 16 heavy (non-hydrogen) atoms. The molecule has 94 valence electrons. The van der Waals surface area contributed by atoms with Gasteiger partial charge in [0.05, 0.1) is 6.54 Å². The summed E-state index contributed by atoms with van der Waals surface area (Å²) in [5.41, 5.74) is 5.35. The molecule has 0 saturated heterocycles. The van der Waals surface area contributed by atoms with Crippen molar-refractivity contribution in [3.8, 4) is 0 Å². The Balaban J connectivity index is 4.25. The highest BCUT2D eigenvalue weighted by molar-refractivity contribution is 5.84. The molecule has 0 unspecified atom stereocenters. The summed E-state index contributed by atoms with van der Waals surface area (Å²) in [5, 5.41) is 0. The quantitative estimate of drug-likeness (QED) is 0.671. The Morgan fingerprint density at radius 2 is 1.81 bits per heavy atom. The van der Waals surface area contributed by atoms with Gasteiger partial charge in [0.25, 0.3) is 0 Å². The first kappa shape index (κ1) is 14.9. The molecule has 0 atom stereocenters. The summed E-state index contributed by atoms with van der Waals surface area (Å²) in [6.45, 7) is 3.30. The average molecular weight is 229 g/mol. The second kappa shape index (κ2) is 8.10. The van der Waals surface area contributed by atoms with Crippen LogP contribution < -0.4 is 5.73 Å². The highest BCUT2D eigenvalue weighted by Gasteiger charge is 2.16. The molecule has 0 aliphatic carbocycles. The van der Waals surface area contributed by atoms with Gasteiger partial charge < -0.3 is 15.5 Å². The number of nitrogens with two attached hydrogens (primary N) is 1. The Morgan fingerprint density at radius 3 is 2.25 bits per heavy atom. The van der Waals surface area contributed by atoms with E-state index in [0.717, 1.165) is 6.42 Å². The molecular weight excluding hydrogens is 206 g/mol. The lowest BCUT2D eigenvalue weighted by atomic mass is 10.2. The van der Waals surface area contributed by atoms with E-state index in [-0.39, 0.29) is 18.4 Å². The maximum absolute atomic E-state index is 11.7. The number of amides is 2. The van der Waals surface area contributed by atoms with Gasteiger partial charge in [-0.05, 0) is 19.4 Å². The van der Waals surface area contributed by atoms with Crippen LogP contribution in [0.3, 0.4) is 0 Å². The Labute approximate surface area is 97.6 Å². The summed E-state index contributed by atoms with van der Waals surface area (Å²) >= 11 is 0. The molecular formula is C11H23N3O2. The first-order valence-corrected chi connectivity index (χ1v) is 5.70. The van der Waals surface area contributed by atoms with Crippen LogP contribution in [-0.2, 0) is 9.59 Å². The van der Waals surface area contributed by atoms with Crippen LogP contribution in [-0.4, -0.2) is 55.3 Å². The standard InChI is InChI=1S/C11H23N3O2/c1-4-8-14(9-11(16)13(2)3)10(15)6-5-7-12/h4-9,12H2,1-3H3. The monoisotopic (exact) mass is 229 g/mol. The first-order chi connectivity index (χ1) is 7.52. The lowest BCUT2D eigenvalue weighted by molar-refractivity contribution is -0.139. The van der Waals surface area contributed by atoms with Gasteiger partial charge in [0, 0.05) is 27.1 Å². The van der Waals surface area contributed by atoms with Gasteiger partial charge in [-0.1, -0.05) is 6.92 Å². The van der Waals surface area contributed by atoms with E-state index in [0.29, 0.717) is 25.9 Å². The van der Waals surface area contributed by atoms with E-state index < -0.39 is 0 Å². The molecule has 0 bridgehead atoms. The molecule has 5 heteroatoms. The number of hydrogen-bond donors (Lipinski definition) is 1. The number of hydrogen-bond acceptors (Lipinski definition) is 3. The second-order valence-electron chi connectivity index (χ2n) is 4.00. The third-order valence-corrected chi connectivity index (χ3v) is 2.27. The van der Waals surface area contributed by atoms with Crippen molar-refractivity contribution in [2.24, 2.45) is 5.73 Å². The molecule has 0 rings (SSSR count). The van der Waals surface area contributed by atoms with Crippen LogP contribution in [0.15, 0.2) is 0 Å². The highest BCUT2D eigenvalue weighted by atomic mass is 16.2. The summed E-state index contributed by atoms with van der Waals surface area (Å²) in [5.74, 6) is -0.0305. The van der Waals surface area contributed by atoms with Crippen LogP contribution >= 0.6 is 0 Å². The van der Waals surface area contributed by atoms with E-state index in [1.165, 1.54) is 4.90 Å². The van der Waals surface area contributed by atoms with Crippen LogP contribution in [0.5, 0.6) is 0 Å². The van der Waals surface area contributed by atoms with Gasteiger partial charge in [0.1, 0.15) is 0 Å². The number of rotatable bonds is 7. The Morgan fingerprint density at radius 1 is 1.19 bits per heavy atom.